The van der Waals surface area contributed by atoms with Gasteiger partial charge in [-0.05, 0) is 62.1 Å². The van der Waals surface area contributed by atoms with Gasteiger partial charge >= 0.3 is 0 Å². The average molecular weight is 505 g/mol. The minimum absolute atomic E-state index is 0.0684. The quantitative estimate of drug-likeness (QED) is 0.601. The molecule has 3 aliphatic rings. The fourth-order valence-electron chi connectivity index (χ4n) is 6.74. The maximum absolute atomic E-state index is 13.8. The van der Waals surface area contributed by atoms with E-state index in [1.54, 1.807) is 18.1 Å². The molecule has 2 aromatic rings. The first-order chi connectivity index (χ1) is 17.9. The van der Waals surface area contributed by atoms with Crippen LogP contribution in [-0.4, -0.2) is 53.2 Å². The van der Waals surface area contributed by atoms with Gasteiger partial charge in [-0.3, -0.25) is 14.4 Å². The molecule has 3 fully saturated rings. The van der Waals surface area contributed by atoms with Gasteiger partial charge in [-0.25, -0.2) is 0 Å². The molecule has 5 rings (SSSR count). The van der Waals surface area contributed by atoms with Crippen LogP contribution in [0.15, 0.2) is 24.3 Å². The molecule has 2 amide bonds. The third-order valence-corrected chi connectivity index (χ3v) is 8.73. The predicted octanol–water partition coefficient (Wildman–Crippen LogP) is 4.50. The number of aromatic amines is 1. The van der Waals surface area contributed by atoms with Crippen LogP contribution in [-0.2, 0) is 9.59 Å². The minimum atomic E-state index is -0.739. The highest BCUT2D eigenvalue weighted by molar-refractivity contribution is 6.02. The lowest BCUT2D eigenvalue weighted by molar-refractivity contribution is -0.127. The van der Waals surface area contributed by atoms with Gasteiger partial charge in [0, 0.05) is 29.8 Å². The van der Waals surface area contributed by atoms with Gasteiger partial charge < -0.3 is 19.9 Å². The van der Waals surface area contributed by atoms with Gasteiger partial charge in [-0.2, -0.15) is 5.26 Å². The Labute approximate surface area is 217 Å². The predicted molar refractivity (Wildman–Crippen MR) is 139 cm³/mol. The normalized spacial score (nSPS) is 24.1. The molecular formula is C29H36N4O4. The van der Waals surface area contributed by atoms with E-state index in [1.165, 1.54) is 6.42 Å². The number of hydrogen-bond acceptors (Lipinski definition) is 5. The lowest BCUT2D eigenvalue weighted by atomic mass is 9.72. The fourth-order valence-corrected chi connectivity index (χ4v) is 6.74. The molecule has 1 aliphatic heterocycles. The van der Waals surface area contributed by atoms with Gasteiger partial charge in [0.25, 0.3) is 5.91 Å². The minimum Gasteiger partial charge on any atom is -0.496 e. The summed E-state index contributed by atoms with van der Waals surface area (Å²) in [5, 5.41) is 13.5. The summed E-state index contributed by atoms with van der Waals surface area (Å²) >= 11 is 0. The number of methoxy groups -OCH3 is 1. The Morgan fingerprint density at radius 1 is 1.24 bits per heavy atom. The average Bonchev–Trinajstić information content (AvgIpc) is 3.51. The lowest BCUT2D eigenvalue weighted by Gasteiger charge is -2.32. The zero-order chi connectivity index (χ0) is 26.0. The Morgan fingerprint density at radius 2 is 2.05 bits per heavy atom. The number of nitriles is 1. The highest BCUT2D eigenvalue weighted by Crippen LogP contribution is 2.47. The van der Waals surface area contributed by atoms with Crippen LogP contribution in [0.25, 0.3) is 10.9 Å². The number of ketones is 1. The van der Waals surface area contributed by atoms with Crippen molar-refractivity contribution in [3.05, 3.63) is 30.0 Å². The standard InChI is InChI=1S/C29H36N4O4/c1-37-26-11-7-9-22-21(26)15-23(32-22)28(36)33-18-29(12-5-2-6-13-29)16-24(33)27(35)31-20(17-30)14-19-8-3-4-10-25(19)34/h7,9,11,15,19-20,24,32H,2-6,8,10,12-14,16,18H2,1H3,(H,31,35)/t19-,20-,24-/m0/s1. The number of carbonyl (C=O) groups excluding carboxylic acids is 3. The Morgan fingerprint density at radius 3 is 2.78 bits per heavy atom. The Balaban J connectivity index is 1.38. The van der Waals surface area contributed by atoms with Crippen LogP contribution in [0.4, 0.5) is 0 Å². The third-order valence-electron chi connectivity index (χ3n) is 8.73. The number of benzene rings is 1. The number of rotatable bonds is 6. The van der Waals surface area contributed by atoms with Crippen molar-refractivity contribution in [3.8, 4) is 11.8 Å². The summed E-state index contributed by atoms with van der Waals surface area (Å²) in [6, 6.07) is 8.23. The van der Waals surface area contributed by atoms with E-state index in [4.69, 9.17) is 4.74 Å². The van der Waals surface area contributed by atoms with E-state index in [0.717, 1.165) is 55.8 Å². The number of nitrogens with zero attached hydrogens (tertiary/aromatic N) is 2. The molecule has 1 saturated heterocycles. The monoisotopic (exact) mass is 504 g/mol. The Bertz CT molecular complexity index is 1220. The number of nitrogens with one attached hydrogen (secondary N) is 2. The van der Waals surface area contributed by atoms with E-state index < -0.39 is 12.1 Å². The van der Waals surface area contributed by atoms with Crippen LogP contribution < -0.4 is 10.1 Å². The van der Waals surface area contributed by atoms with E-state index in [1.807, 2.05) is 18.2 Å². The van der Waals surface area contributed by atoms with Crippen molar-refractivity contribution in [2.75, 3.05) is 13.7 Å². The molecule has 8 heteroatoms. The number of fused-ring (bicyclic) bond motifs is 1. The second-order valence-electron chi connectivity index (χ2n) is 11.2. The lowest BCUT2D eigenvalue weighted by Crippen LogP contribution is -2.49. The Kier molecular flexibility index (Phi) is 7.23. The number of amides is 2. The summed E-state index contributed by atoms with van der Waals surface area (Å²) in [4.78, 5) is 44.7. The van der Waals surface area contributed by atoms with E-state index in [9.17, 15) is 19.6 Å². The van der Waals surface area contributed by atoms with Crippen molar-refractivity contribution in [2.45, 2.75) is 82.7 Å². The summed E-state index contributed by atoms with van der Waals surface area (Å²) in [5.74, 6) is 0.192. The highest BCUT2D eigenvalue weighted by atomic mass is 16.5. The molecule has 0 radical (unpaired) electrons. The zero-order valence-corrected chi connectivity index (χ0v) is 21.6. The topological polar surface area (TPSA) is 115 Å². The molecule has 196 valence electrons. The van der Waals surface area contributed by atoms with Gasteiger partial charge in [0.05, 0.1) is 13.2 Å². The van der Waals surface area contributed by atoms with Crippen molar-refractivity contribution in [1.29, 1.82) is 5.26 Å². The molecule has 8 nitrogen and oxygen atoms in total. The molecule has 0 bridgehead atoms. The van der Waals surface area contributed by atoms with Crippen molar-refractivity contribution < 1.29 is 19.1 Å². The highest BCUT2D eigenvalue weighted by Gasteiger charge is 2.49. The van der Waals surface area contributed by atoms with Gasteiger partial charge in [-0.15, -0.1) is 0 Å². The van der Waals surface area contributed by atoms with Gasteiger partial charge in [0.1, 0.15) is 29.3 Å². The first kappa shape index (κ1) is 25.3. The second-order valence-corrected chi connectivity index (χ2v) is 11.2. The number of hydrogen-bond donors (Lipinski definition) is 2. The number of likely N-dealkylation sites (tertiary alicyclic amines) is 1. The molecule has 2 aliphatic carbocycles. The number of H-pyrrole nitrogens is 1. The molecule has 3 atom stereocenters. The SMILES string of the molecule is COc1cccc2[nH]c(C(=O)N3CC4(CCCCC4)C[C@H]3C(=O)N[C@H](C#N)C[C@@H]3CCCCC3=O)cc12. The second kappa shape index (κ2) is 10.6. The molecular weight excluding hydrogens is 468 g/mol. The van der Waals surface area contributed by atoms with Gasteiger partial charge in [0.15, 0.2) is 0 Å². The third kappa shape index (κ3) is 5.09. The summed E-state index contributed by atoms with van der Waals surface area (Å²) in [6.07, 6.45) is 9.54. The van der Waals surface area contributed by atoms with E-state index in [2.05, 4.69) is 16.4 Å². The van der Waals surface area contributed by atoms with Crippen molar-refractivity contribution in [3.63, 3.8) is 0 Å². The zero-order valence-electron chi connectivity index (χ0n) is 21.6. The fraction of sp³-hybridized carbons (Fsp3) is 0.586. The number of Topliss-reactive ketones (excluding diaryl/α,β-unsaturated/α-hetero) is 1. The van der Waals surface area contributed by atoms with Crippen LogP contribution >= 0.6 is 0 Å². The summed E-state index contributed by atoms with van der Waals surface area (Å²) in [6.45, 7) is 0.536. The molecule has 2 N–H and O–H groups in total. The maximum Gasteiger partial charge on any atom is 0.271 e. The summed E-state index contributed by atoms with van der Waals surface area (Å²) < 4.78 is 5.46. The molecule has 1 spiro atoms. The van der Waals surface area contributed by atoms with Crippen LogP contribution in [0.5, 0.6) is 5.75 Å². The first-order valence-electron chi connectivity index (χ1n) is 13.6. The largest absolute Gasteiger partial charge is 0.496 e. The van der Waals surface area contributed by atoms with Crippen molar-refractivity contribution in [2.24, 2.45) is 11.3 Å². The molecule has 1 aromatic carbocycles. The van der Waals surface area contributed by atoms with Crippen LogP contribution in [0, 0.1) is 22.7 Å². The molecule has 2 heterocycles. The molecule has 0 unspecified atom stereocenters. The smallest absolute Gasteiger partial charge is 0.271 e. The molecule has 1 aromatic heterocycles. The number of aromatic nitrogens is 1. The molecule has 2 saturated carbocycles. The maximum atomic E-state index is 13.8. The van der Waals surface area contributed by atoms with Crippen molar-refractivity contribution >= 4 is 28.5 Å². The summed E-state index contributed by atoms with van der Waals surface area (Å²) in [5.41, 5.74) is 1.16. The van der Waals surface area contributed by atoms with E-state index >= 15 is 0 Å². The summed E-state index contributed by atoms with van der Waals surface area (Å²) in [7, 11) is 1.60. The number of carbonyl (C=O) groups is 3. The number of ether oxygens (including phenoxy) is 1. The van der Waals surface area contributed by atoms with Crippen LogP contribution in [0.2, 0.25) is 0 Å². The first-order valence-corrected chi connectivity index (χ1v) is 13.6. The Hall–Kier alpha value is -3.34. The van der Waals surface area contributed by atoms with Crippen LogP contribution in [0.1, 0.15) is 81.1 Å². The molecule has 37 heavy (non-hydrogen) atoms. The van der Waals surface area contributed by atoms with Gasteiger partial charge in [0.2, 0.25) is 5.91 Å². The van der Waals surface area contributed by atoms with Crippen molar-refractivity contribution in [1.82, 2.24) is 15.2 Å². The van der Waals surface area contributed by atoms with E-state index in [-0.39, 0.29) is 28.9 Å². The van der Waals surface area contributed by atoms with E-state index in [0.29, 0.717) is 37.3 Å². The van der Waals surface area contributed by atoms with Crippen LogP contribution in [0.3, 0.4) is 0 Å². The van der Waals surface area contributed by atoms with Gasteiger partial charge in [-0.1, -0.05) is 31.7 Å².